The summed E-state index contributed by atoms with van der Waals surface area (Å²) in [4.78, 5) is 26.5. The van der Waals surface area contributed by atoms with Crippen LogP contribution < -0.4 is 5.32 Å². The predicted octanol–water partition coefficient (Wildman–Crippen LogP) is 2.43. The van der Waals surface area contributed by atoms with Crippen molar-refractivity contribution in [3.8, 4) is 0 Å². The number of piperazine rings is 1. The summed E-state index contributed by atoms with van der Waals surface area (Å²) in [5.74, 6) is 1.50. The van der Waals surface area contributed by atoms with Crippen LogP contribution in [0.15, 0.2) is 0 Å². The highest BCUT2D eigenvalue weighted by Gasteiger charge is 2.44. The molecule has 1 fully saturated rings. The van der Waals surface area contributed by atoms with E-state index in [9.17, 15) is 9.59 Å². The molecule has 116 valence electrons. The first kappa shape index (κ1) is 17.0. The molecule has 0 spiro atoms. The fourth-order valence-electron chi connectivity index (χ4n) is 3.23. The van der Waals surface area contributed by atoms with E-state index in [1.165, 1.54) is 0 Å². The highest BCUT2D eigenvalue weighted by Crippen LogP contribution is 2.27. The van der Waals surface area contributed by atoms with Gasteiger partial charge >= 0.3 is 0 Å². The maximum Gasteiger partial charge on any atom is 0.248 e. The van der Waals surface area contributed by atoms with E-state index in [2.05, 4.69) is 33.0 Å². The maximum absolute atomic E-state index is 12.7. The van der Waals surface area contributed by atoms with Crippen LogP contribution in [0, 0.1) is 17.8 Å². The van der Waals surface area contributed by atoms with Crippen molar-refractivity contribution in [2.75, 3.05) is 13.1 Å². The summed E-state index contributed by atoms with van der Waals surface area (Å²) < 4.78 is 0. The highest BCUT2D eigenvalue weighted by molar-refractivity contribution is 5.97. The summed E-state index contributed by atoms with van der Waals surface area (Å²) in [5.41, 5.74) is -0.687. The topological polar surface area (TPSA) is 49.4 Å². The van der Waals surface area contributed by atoms with Gasteiger partial charge in [-0.3, -0.25) is 9.59 Å². The first-order chi connectivity index (χ1) is 9.27. The van der Waals surface area contributed by atoms with Crippen LogP contribution in [0.4, 0.5) is 0 Å². The molecule has 0 atom stereocenters. The zero-order valence-corrected chi connectivity index (χ0v) is 13.8. The quantitative estimate of drug-likeness (QED) is 0.813. The fourth-order valence-corrected chi connectivity index (χ4v) is 3.23. The fraction of sp³-hybridized carbons (Fsp3) is 0.875. The summed E-state index contributed by atoms with van der Waals surface area (Å²) in [6, 6.07) is 0. The second-order valence-corrected chi connectivity index (χ2v) is 6.67. The summed E-state index contributed by atoms with van der Waals surface area (Å²) >= 11 is 0. The summed E-state index contributed by atoms with van der Waals surface area (Å²) in [5, 5.41) is 2.91. The van der Waals surface area contributed by atoms with Gasteiger partial charge in [0.25, 0.3) is 0 Å². The van der Waals surface area contributed by atoms with Crippen LogP contribution in [-0.2, 0) is 9.59 Å². The average Bonchev–Trinajstić information content (AvgIpc) is 2.38. The number of hydrogen-bond acceptors (Lipinski definition) is 2. The van der Waals surface area contributed by atoms with Crippen LogP contribution in [-0.4, -0.2) is 35.3 Å². The van der Waals surface area contributed by atoms with Crippen molar-refractivity contribution < 1.29 is 9.59 Å². The Morgan fingerprint density at radius 1 is 1.10 bits per heavy atom. The Bertz CT molecular complexity index is 351. The standard InChI is InChI=1S/C16H30N2O2/c1-7-16(8-2)15(20)18(10-14(19)17-16)9-13(11(3)4)12(5)6/h11-13H,7-10H2,1-6H3,(H,17,19). The third-order valence-electron chi connectivity index (χ3n) is 4.76. The number of nitrogens with zero attached hydrogens (tertiary/aromatic N) is 1. The zero-order valence-electron chi connectivity index (χ0n) is 13.8. The lowest BCUT2D eigenvalue weighted by Crippen LogP contribution is -2.66. The Balaban J connectivity index is 2.93. The molecule has 0 bridgehead atoms. The van der Waals surface area contributed by atoms with Crippen molar-refractivity contribution in [1.82, 2.24) is 10.2 Å². The number of carbonyl (C=O) groups excluding carboxylic acids is 2. The van der Waals surface area contributed by atoms with E-state index in [1.54, 1.807) is 4.90 Å². The SMILES string of the molecule is CCC1(CC)NC(=O)CN(CC(C(C)C)C(C)C)C1=O. The molecule has 4 nitrogen and oxygen atoms in total. The van der Waals surface area contributed by atoms with Gasteiger partial charge in [-0.1, -0.05) is 41.5 Å². The lowest BCUT2D eigenvalue weighted by atomic mass is 9.83. The molecule has 1 saturated heterocycles. The highest BCUT2D eigenvalue weighted by atomic mass is 16.2. The van der Waals surface area contributed by atoms with Crippen molar-refractivity contribution in [1.29, 1.82) is 0 Å². The third-order valence-corrected chi connectivity index (χ3v) is 4.76. The van der Waals surface area contributed by atoms with Gasteiger partial charge in [0.2, 0.25) is 11.8 Å². The van der Waals surface area contributed by atoms with E-state index in [0.29, 0.717) is 37.1 Å². The first-order valence-corrected chi connectivity index (χ1v) is 7.87. The molecule has 0 aromatic rings. The van der Waals surface area contributed by atoms with Crippen molar-refractivity contribution in [2.45, 2.75) is 59.9 Å². The minimum atomic E-state index is -0.687. The molecule has 1 rings (SSSR count). The van der Waals surface area contributed by atoms with Crippen LogP contribution in [0.1, 0.15) is 54.4 Å². The van der Waals surface area contributed by atoms with Crippen LogP contribution in [0.25, 0.3) is 0 Å². The number of carbonyl (C=O) groups is 2. The molecule has 20 heavy (non-hydrogen) atoms. The van der Waals surface area contributed by atoms with E-state index >= 15 is 0 Å². The molecule has 0 saturated carbocycles. The Morgan fingerprint density at radius 3 is 2.00 bits per heavy atom. The maximum atomic E-state index is 12.7. The normalized spacial score (nSPS) is 19.1. The molecule has 0 aromatic carbocycles. The molecule has 0 aliphatic carbocycles. The van der Waals surface area contributed by atoms with Crippen molar-refractivity contribution in [2.24, 2.45) is 17.8 Å². The second kappa shape index (κ2) is 6.59. The largest absolute Gasteiger partial charge is 0.340 e. The van der Waals surface area contributed by atoms with Gasteiger partial charge in [0.1, 0.15) is 5.54 Å². The van der Waals surface area contributed by atoms with Gasteiger partial charge in [-0.05, 0) is 30.6 Å². The molecule has 0 aromatic heterocycles. The monoisotopic (exact) mass is 282 g/mol. The Labute approximate surface area is 123 Å². The van der Waals surface area contributed by atoms with Crippen LogP contribution in [0.5, 0.6) is 0 Å². The third kappa shape index (κ3) is 3.33. The molecule has 2 amide bonds. The molecule has 1 aliphatic rings. The number of rotatable bonds is 6. The Morgan fingerprint density at radius 2 is 1.60 bits per heavy atom. The number of nitrogens with one attached hydrogen (secondary N) is 1. The number of amides is 2. The van der Waals surface area contributed by atoms with E-state index in [1.807, 2.05) is 13.8 Å². The Hall–Kier alpha value is -1.06. The molecule has 4 heteroatoms. The van der Waals surface area contributed by atoms with Gasteiger partial charge in [0, 0.05) is 6.54 Å². The van der Waals surface area contributed by atoms with Crippen molar-refractivity contribution >= 4 is 11.8 Å². The van der Waals surface area contributed by atoms with Crippen LogP contribution >= 0.6 is 0 Å². The van der Waals surface area contributed by atoms with Crippen LogP contribution in [0.3, 0.4) is 0 Å². The lowest BCUT2D eigenvalue weighted by molar-refractivity contribution is -0.151. The van der Waals surface area contributed by atoms with E-state index in [4.69, 9.17) is 0 Å². The summed E-state index contributed by atoms with van der Waals surface area (Å²) in [6.45, 7) is 13.6. The van der Waals surface area contributed by atoms with Crippen molar-refractivity contribution in [3.05, 3.63) is 0 Å². The summed E-state index contributed by atoms with van der Waals surface area (Å²) in [6.07, 6.45) is 1.30. The molecular formula is C16H30N2O2. The van der Waals surface area contributed by atoms with Gasteiger partial charge in [-0.15, -0.1) is 0 Å². The van der Waals surface area contributed by atoms with Crippen LogP contribution in [0.2, 0.25) is 0 Å². The van der Waals surface area contributed by atoms with E-state index in [0.717, 1.165) is 0 Å². The van der Waals surface area contributed by atoms with Gasteiger partial charge in [0.15, 0.2) is 0 Å². The number of hydrogen-bond donors (Lipinski definition) is 1. The van der Waals surface area contributed by atoms with E-state index in [-0.39, 0.29) is 18.4 Å². The van der Waals surface area contributed by atoms with Gasteiger partial charge in [-0.2, -0.15) is 0 Å². The molecule has 0 radical (unpaired) electrons. The molecule has 1 N–H and O–H groups in total. The van der Waals surface area contributed by atoms with Gasteiger partial charge in [-0.25, -0.2) is 0 Å². The molecular weight excluding hydrogens is 252 g/mol. The minimum absolute atomic E-state index is 0.0282. The molecule has 0 unspecified atom stereocenters. The predicted molar refractivity (Wildman–Crippen MR) is 81.2 cm³/mol. The molecule has 1 heterocycles. The Kier molecular flexibility index (Phi) is 5.60. The first-order valence-electron chi connectivity index (χ1n) is 7.87. The summed E-state index contributed by atoms with van der Waals surface area (Å²) in [7, 11) is 0. The van der Waals surface area contributed by atoms with Gasteiger partial charge in [0.05, 0.1) is 6.54 Å². The smallest absolute Gasteiger partial charge is 0.248 e. The van der Waals surface area contributed by atoms with E-state index < -0.39 is 5.54 Å². The average molecular weight is 282 g/mol. The zero-order chi connectivity index (χ0) is 15.5. The second-order valence-electron chi connectivity index (χ2n) is 6.67. The van der Waals surface area contributed by atoms with Gasteiger partial charge < -0.3 is 10.2 Å². The minimum Gasteiger partial charge on any atom is -0.340 e. The lowest BCUT2D eigenvalue weighted by Gasteiger charge is -2.43. The van der Waals surface area contributed by atoms with Crippen molar-refractivity contribution in [3.63, 3.8) is 0 Å². The molecule has 1 aliphatic heterocycles.